The van der Waals surface area contributed by atoms with Crippen LogP contribution < -0.4 is 9.64 Å². The Morgan fingerprint density at radius 1 is 0.889 bits per heavy atom. The number of aromatic nitrogens is 5. The largest absolute Gasteiger partial charge is 0.481 e. The Hall–Kier alpha value is -4.41. The van der Waals surface area contributed by atoms with Crippen LogP contribution in [0.2, 0.25) is 0 Å². The lowest BCUT2D eigenvalue weighted by molar-refractivity contribution is -0.132. The number of hydrogen-bond donors (Lipinski definition) is 0. The number of halogens is 2. The molecule has 0 atom stereocenters. The minimum absolute atomic E-state index is 0.0451. The highest BCUT2D eigenvalue weighted by Crippen LogP contribution is 2.24. The van der Waals surface area contributed by atoms with Crippen LogP contribution in [0.1, 0.15) is 0 Å². The summed E-state index contributed by atoms with van der Waals surface area (Å²) in [4.78, 5) is 30.2. The summed E-state index contributed by atoms with van der Waals surface area (Å²) >= 11 is 0. The van der Waals surface area contributed by atoms with Crippen molar-refractivity contribution >= 4 is 11.9 Å². The van der Waals surface area contributed by atoms with E-state index in [1.54, 1.807) is 48.5 Å². The van der Waals surface area contributed by atoms with Gasteiger partial charge >= 0.3 is 0 Å². The first-order valence-corrected chi connectivity index (χ1v) is 11.4. The predicted octanol–water partition coefficient (Wildman–Crippen LogP) is 3.04. The Kier molecular flexibility index (Phi) is 6.52. The Morgan fingerprint density at radius 2 is 1.53 bits per heavy atom. The van der Waals surface area contributed by atoms with Gasteiger partial charge in [-0.25, -0.2) is 23.4 Å². The average Bonchev–Trinajstić information content (AvgIpc) is 3.33. The smallest absolute Gasteiger partial charge is 0.244 e. The van der Waals surface area contributed by atoms with Crippen LogP contribution >= 0.6 is 0 Å². The van der Waals surface area contributed by atoms with Crippen molar-refractivity contribution in [3.05, 3.63) is 72.4 Å². The van der Waals surface area contributed by atoms with Crippen molar-refractivity contribution < 1.29 is 18.3 Å². The fraction of sp³-hybridized carbons (Fsp3) is 0.240. The molecule has 0 aliphatic carbocycles. The van der Waals surface area contributed by atoms with Gasteiger partial charge in [-0.1, -0.05) is 0 Å². The highest BCUT2D eigenvalue weighted by atomic mass is 19.1. The summed E-state index contributed by atoms with van der Waals surface area (Å²) in [6.45, 7) is 2.08. The lowest BCUT2D eigenvalue weighted by Gasteiger charge is -2.34. The van der Waals surface area contributed by atoms with Crippen LogP contribution in [0.5, 0.6) is 5.88 Å². The molecule has 0 radical (unpaired) electrons. The van der Waals surface area contributed by atoms with Gasteiger partial charge in [-0.15, -0.1) is 5.10 Å². The number of nitrogens with zero attached hydrogens (tertiary/aromatic N) is 7. The predicted molar refractivity (Wildman–Crippen MR) is 128 cm³/mol. The Morgan fingerprint density at radius 3 is 2.17 bits per heavy atom. The second kappa shape index (κ2) is 10.1. The number of hydrogen-bond acceptors (Lipinski definition) is 7. The van der Waals surface area contributed by atoms with Gasteiger partial charge in [0.15, 0.2) is 11.6 Å². The fourth-order valence-corrected chi connectivity index (χ4v) is 3.97. The van der Waals surface area contributed by atoms with Gasteiger partial charge in [0.05, 0.1) is 7.11 Å². The molecule has 9 nitrogen and oxygen atoms in total. The normalized spacial score (nSPS) is 13.6. The fourth-order valence-electron chi connectivity index (χ4n) is 3.97. The molecule has 2 aromatic carbocycles. The third kappa shape index (κ3) is 4.99. The van der Waals surface area contributed by atoms with E-state index < -0.39 is 0 Å². The first-order chi connectivity index (χ1) is 17.5. The van der Waals surface area contributed by atoms with Crippen LogP contribution in [-0.2, 0) is 11.3 Å². The molecule has 36 heavy (non-hydrogen) atoms. The van der Waals surface area contributed by atoms with E-state index in [1.807, 2.05) is 4.90 Å². The van der Waals surface area contributed by atoms with Crippen LogP contribution in [-0.4, -0.2) is 68.8 Å². The van der Waals surface area contributed by atoms with Crippen LogP contribution in [0.25, 0.3) is 22.8 Å². The summed E-state index contributed by atoms with van der Waals surface area (Å²) in [5.74, 6) is 0.937. The number of methoxy groups -OCH3 is 1. The summed E-state index contributed by atoms with van der Waals surface area (Å²) in [5, 5.41) is 4.52. The summed E-state index contributed by atoms with van der Waals surface area (Å²) < 4.78 is 33.6. The van der Waals surface area contributed by atoms with E-state index in [9.17, 15) is 13.6 Å². The number of rotatable bonds is 6. The summed E-state index contributed by atoms with van der Waals surface area (Å²) in [7, 11) is 1.55. The molecule has 0 saturated carbocycles. The third-order valence-corrected chi connectivity index (χ3v) is 5.90. The zero-order valence-corrected chi connectivity index (χ0v) is 19.5. The number of ether oxygens (including phenoxy) is 1. The minimum Gasteiger partial charge on any atom is -0.481 e. The zero-order chi connectivity index (χ0) is 25.1. The molecular weight excluding hydrogens is 468 g/mol. The lowest BCUT2D eigenvalue weighted by Crippen LogP contribution is -2.50. The number of carbonyl (C=O) groups excluding carboxylic acids is 1. The second-order valence-corrected chi connectivity index (χ2v) is 8.20. The van der Waals surface area contributed by atoms with Crippen molar-refractivity contribution in [2.45, 2.75) is 6.54 Å². The first-order valence-electron chi connectivity index (χ1n) is 11.4. The lowest BCUT2D eigenvalue weighted by atomic mass is 10.2. The van der Waals surface area contributed by atoms with Crippen molar-refractivity contribution in [1.82, 2.24) is 29.6 Å². The van der Waals surface area contributed by atoms with Crippen LogP contribution in [0.3, 0.4) is 0 Å². The number of benzene rings is 2. The maximum atomic E-state index is 13.5. The van der Waals surface area contributed by atoms with Gasteiger partial charge in [-0.2, -0.15) is 4.98 Å². The Labute approximate surface area is 206 Å². The summed E-state index contributed by atoms with van der Waals surface area (Å²) in [5.41, 5.74) is 1.22. The highest BCUT2D eigenvalue weighted by molar-refractivity contribution is 5.77. The van der Waals surface area contributed by atoms with E-state index in [0.717, 1.165) is 0 Å². The standard InChI is InChI=1S/C25H23F2N7O2/c1-36-21-10-11-28-25(29-21)33-14-12-32(13-15-33)22(35)16-34-24(18-4-8-20(27)9-5-18)30-23(31-34)17-2-6-19(26)7-3-17/h2-11H,12-16H2,1H3. The molecule has 0 spiro atoms. The van der Waals surface area contributed by atoms with Crippen LogP contribution in [0.15, 0.2) is 60.8 Å². The Balaban J connectivity index is 1.34. The van der Waals surface area contributed by atoms with Crippen molar-refractivity contribution in [1.29, 1.82) is 0 Å². The zero-order valence-electron chi connectivity index (χ0n) is 19.5. The molecule has 5 rings (SSSR count). The molecule has 2 aromatic heterocycles. The summed E-state index contributed by atoms with van der Waals surface area (Å²) in [6.07, 6.45) is 1.64. The van der Waals surface area contributed by atoms with Gasteiger partial charge in [0.1, 0.15) is 18.2 Å². The minimum atomic E-state index is -0.377. The molecule has 184 valence electrons. The molecule has 1 amide bonds. The van der Waals surface area contributed by atoms with Gasteiger partial charge in [0.25, 0.3) is 0 Å². The van der Waals surface area contributed by atoms with E-state index in [1.165, 1.54) is 28.9 Å². The molecule has 1 aliphatic rings. The maximum Gasteiger partial charge on any atom is 0.244 e. The van der Waals surface area contributed by atoms with Gasteiger partial charge in [0, 0.05) is 49.6 Å². The Bertz CT molecular complexity index is 1350. The van der Waals surface area contributed by atoms with E-state index in [-0.39, 0.29) is 24.1 Å². The molecule has 0 unspecified atom stereocenters. The number of anilines is 1. The SMILES string of the molecule is COc1ccnc(N2CCN(C(=O)Cn3nc(-c4ccc(F)cc4)nc3-c3ccc(F)cc3)CC2)n1. The van der Waals surface area contributed by atoms with Crippen molar-refractivity contribution in [2.75, 3.05) is 38.2 Å². The second-order valence-electron chi connectivity index (χ2n) is 8.20. The first kappa shape index (κ1) is 23.3. The monoisotopic (exact) mass is 491 g/mol. The summed E-state index contributed by atoms with van der Waals surface area (Å²) in [6, 6.07) is 13.3. The number of carbonyl (C=O) groups is 1. The molecule has 0 N–H and O–H groups in total. The number of piperazine rings is 1. The van der Waals surface area contributed by atoms with E-state index >= 15 is 0 Å². The number of amides is 1. The van der Waals surface area contributed by atoms with Crippen LogP contribution in [0, 0.1) is 11.6 Å². The topological polar surface area (TPSA) is 89.3 Å². The van der Waals surface area contributed by atoms with Gasteiger partial charge in [-0.05, 0) is 48.5 Å². The maximum absolute atomic E-state index is 13.5. The van der Waals surface area contributed by atoms with E-state index in [2.05, 4.69) is 20.1 Å². The molecule has 3 heterocycles. The average molecular weight is 492 g/mol. The van der Waals surface area contributed by atoms with Gasteiger partial charge < -0.3 is 14.5 Å². The van der Waals surface area contributed by atoms with Crippen molar-refractivity contribution in [3.63, 3.8) is 0 Å². The molecule has 1 fully saturated rings. The van der Waals surface area contributed by atoms with Crippen molar-refractivity contribution in [3.8, 4) is 28.7 Å². The highest BCUT2D eigenvalue weighted by Gasteiger charge is 2.25. The third-order valence-electron chi connectivity index (χ3n) is 5.90. The molecule has 11 heteroatoms. The van der Waals surface area contributed by atoms with Gasteiger partial charge in [0.2, 0.25) is 17.7 Å². The van der Waals surface area contributed by atoms with Crippen LogP contribution in [0.4, 0.5) is 14.7 Å². The molecule has 1 aliphatic heterocycles. The molecular formula is C25H23F2N7O2. The van der Waals surface area contributed by atoms with E-state index in [4.69, 9.17) is 4.74 Å². The van der Waals surface area contributed by atoms with Crippen molar-refractivity contribution in [2.24, 2.45) is 0 Å². The molecule has 0 bridgehead atoms. The molecule has 4 aromatic rings. The van der Waals surface area contributed by atoms with E-state index in [0.29, 0.717) is 60.8 Å². The quantitative estimate of drug-likeness (QED) is 0.410. The van der Waals surface area contributed by atoms with Gasteiger partial charge in [-0.3, -0.25) is 4.79 Å². The molecule has 1 saturated heterocycles.